The van der Waals surface area contributed by atoms with Crippen molar-refractivity contribution in [2.45, 2.75) is 70.8 Å². The second-order valence-corrected chi connectivity index (χ2v) is 17.4. The van der Waals surface area contributed by atoms with E-state index in [0.29, 0.717) is 61.2 Å². The van der Waals surface area contributed by atoms with Gasteiger partial charge in [0.05, 0.1) is 35.7 Å². The summed E-state index contributed by atoms with van der Waals surface area (Å²) in [6.45, 7) is 4.21. The Morgan fingerprint density at radius 3 is 2.52 bits per heavy atom. The van der Waals surface area contributed by atoms with Crippen molar-refractivity contribution in [3.05, 3.63) is 105 Å². The highest BCUT2D eigenvalue weighted by Crippen LogP contribution is 2.39. The number of halogens is 1. The van der Waals surface area contributed by atoms with Crippen LogP contribution in [0.4, 0.5) is 16.4 Å². The quantitative estimate of drug-likeness (QED) is 0.0634. The lowest BCUT2D eigenvalue weighted by Crippen LogP contribution is -2.41. The van der Waals surface area contributed by atoms with Crippen LogP contribution in [0.1, 0.15) is 90.7 Å². The molecule has 6 rings (SSSR count). The Kier molecular flexibility index (Phi) is 13.7. The number of anilines is 2. The van der Waals surface area contributed by atoms with Gasteiger partial charge >= 0.3 is 6.09 Å². The summed E-state index contributed by atoms with van der Waals surface area (Å²) < 4.78 is 42.5. The number of aromatic nitrogens is 2. The number of ether oxygens (including phenoxy) is 3. The first kappa shape index (κ1) is 43.5. The van der Waals surface area contributed by atoms with E-state index >= 15 is 0 Å². The van der Waals surface area contributed by atoms with E-state index in [-0.39, 0.29) is 78.0 Å². The minimum absolute atomic E-state index is 0.0125. The lowest BCUT2D eigenvalue weighted by Gasteiger charge is -2.27. The third-order valence-corrected chi connectivity index (χ3v) is 11.4. The summed E-state index contributed by atoms with van der Waals surface area (Å²) >= 11 is 6.69. The molecule has 4 aromatic rings. The zero-order chi connectivity index (χ0) is 43.0. The number of hydrogen-bond acceptors (Lipinski definition) is 12. The highest BCUT2D eigenvalue weighted by Gasteiger charge is 2.34. The predicted octanol–water partition coefficient (Wildman–Crippen LogP) is 6.87. The van der Waals surface area contributed by atoms with Gasteiger partial charge in [-0.05, 0) is 85.2 Å². The fourth-order valence-corrected chi connectivity index (χ4v) is 8.03. The Hall–Kier alpha value is -6.05. The lowest BCUT2D eigenvalue weighted by atomic mass is 9.77. The molecule has 1 fully saturated rings. The molecule has 314 valence electrons. The van der Waals surface area contributed by atoms with Crippen LogP contribution in [0.2, 0.25) is 5.02 Å². The molecular weight excluding hydrogens is 812 g/mol. The SMILES string of the molecule is CC(C)(c1ccc(OCc2ccnc(NS(C)(=O)=O)n2)cc1)c1cc(Cl)c(OCCCOC(=O)Nc2cccc3c2CCCC(CC2CCC(=O)NC2=O)C3=O)c(C#N)c1. The molecule has 2 atom stereocenters. The Morgan fingerprint density at radius 2 is 1.78 bits per heavy atom. The number of carbonyl (C=O) groups excluding carboxylic acids is 4. The molecule has 0 saturated carbocycles. The van der Waals surface area contributed by atoms with E-state index in [4.69, 9.17) is 25.8 Å². The van der Waals surface area contributed by atoms with E-state index in [0.717, 1.165) is 22.9 Å². The second-order valence-electron chi connectivity index (χ2n) is 15.3. The monoisotopic (exact) mass is 856 g/mol. The number of rotatable bonds is 15. The van der Waals surface area contributed by atoms with Gasteiger partial charge in [0.15, 0.2) is 11.5 Å². The average molecular weight is 857 g/mol. The lowest BCUT2D eigenvalue weighted by molar-refractivity contribution is -0.136. The molecule has 3 amide bonds. The Morgan fingerprint density at radius 1 is 1.00 bits per heavy atom. The number of Topliss-reactive ketones (excluding diaryl/α,β-unsaturated/α-hetero) is 1. The van der Waals surface area contributed by atoms with Crippen molar-refractivity contribution in [3.63, 3.8) is 0 Å². The van der Waals surface area contributed by atoms with E-state index < -0.39 is 21.5 Å². The summed E-state index contributed by atoms with van der Waals surface area (Å²) in [4.78, 5) is 58.4. The van der Waals surface area contributed by atoms with Crippen LogP contribution in [0.5, 0.6) is 11.5 Å². The summed E-state index contributed by atoms with van der Waals surface area (Å²) in [6.07, 6.45) is 5.01. The normalized spacial score (nSPS) is 16.8. The Bertz CT molecular complexity index is 2440. The maximum atomic E-state index is 13.6. The van der Waals surface area contributed by atoms with Crippen LogP contribution < -0.4 is 24.8 Å². The first-order valence-electron chi connectivity index (χ1n) is 19.4. The standard InChI is InChI=1S/C43H45ClN6O9S/c1-43(2,29-12-14-32(15-13-29)59-25-31-17-18-46-41(47-31)50-60(3,55)56)30-22-28(24-45)39(35(44)23-30)57-19-6-20-58-42(54)48-36-10-5-9-34-33(36)8-4-7-26(38(34)52)21-27-11-16-37(51)49-40(27)53/h5,9-10,12-15,17-18,22-23,26-27H,4,6-8,11,16,19-21,25H2,1-3H3,(H,48,54)(H,46,47,50)(H,49,51,53). The summed E-state index contributed by atoms with van der Waals surface area (Å²) in [7, 11) is -3.52. The predicted molar refractivity (Wildman–Crippen MR) is 222 cm³/mol. The van der Waals surface area contributed by atoms with Gasteiger partial charge in [0, 0.05) is 47.5 Å². The number of nitrogens with one attached hydrogen (secondary N) is 3. The van der Waals surface area contributed by atoms with Gasteiger partial charge < -0.3 is 14.2 Å². The average Bonchev–Trinajstić information content (AvgIpc) is 3.36. The van der Waals surface area contributed by atoms with Crippen molar-refractivity contribution in [3.8, 4) is 17.6 Å². The van der Waals surface area contributed by atoms with Crippen molar-refractivity contribution < 1.29 is 41.8 Å². The number of sulfonamides is 1. The minimum Gasteiger partial charge on any atom is -0.490 e. The van der Waals surface area contributed by atoms with E-state index in [1.807, 2.05) is 26.0 Å². The van der Waals surface area contributed by atoms with Crippen molar-refractivity contribution in [1.82, 2.24) is 15.3 Å². The van der Waals surface area contributed by atoms with Gasteiger partial charge in [0.2, 0.25) is 27.8 Å². The molecule has 0 bridgehead atoms. The van der Waals surface area contributed by atoms with Crippen LogP contribution in [0, 0.1) is 23.2 Å². The van der Waals surface area contributed by atoms with Gasteiger partial charge in [0.25, 0.3) is 0 Å². The molecule has 0 radical (unpaired) electrons. The molecular formula is C43H45ClN6O9S. The summed E-state index contributed by atoms with van der Waals surface area (Å²) in [5.74, 6) is -0.690. The maximum absolute atomic E-state index is 13.6. The smallest absolute Gasteiger partial charge is 0.411 e. The first-order chi connectivity index (χ1) is 28.6. The molecule has 1 aliphatic carbocycles. The topological polar surface area (TPSA) is 216 Å². The van der Waals surface area contributed by atoms with Gasteiger partial charge in [-0.2, -0.15) is 5.26 Å². The van der Waals surface area contributed by atoms with E-state index in [2.05, 4.69) is 31.4 Å². The molecule has 1 aliphatic heterocycles. The number of carbonyl (C=O) groups is 4. The highest BCUT2D eigenvalue weighted by molar-refractivity contribution is 7.92. The van der Waals surface area contributed by atoms with Gasteiger partial charge in [-0.15, -0.1) is 0 Å². The number of fused-ring (bicyclic) bond motifs is 1. The number of hydrogen-bond donors (Lipinski definition) is 3. The van der Waals surface area contributed by atoms with Gasteiger partial charge in [0.1, 0.15) is 18.4 Å². The number of piperidine rings is 1. The molecule has 15 nitrogen and oxygen atoms in total. The van der Waals surface area contributed by atoms with Crippen LogP contribution in [-0.4, -0.2) is 61.5 Å². The molecule has 1 aromatic heterocycles. The Balaban J connectivity index is 0.994. The van der Waals surface area contributed by atoms with Crippen molar-refractivity contribution in [1.29, 1.82) is 5.26 Å². The highest BCUT2D eigenvalue weighted by atomic mass is 35.5. The zero-order valence-electron chi connectivity index (χ0n) is 33.4. The van der Waals surface area contributed by atoms with Gasteiger partial charge in [-0.1, -0.05) is 49.7 Å². The van der Waals surface area contributed by atoms with Crippen molar-refractivity contribution in [2.75, 3.05) is 29.5 Å². The van der Waals surface area contributed by atoms with E-state index in [1.165, 1.54) is 6.20 Å². The van der Waals surface area contributed by atoms with Crippen LogP contribution in [0.15, 0.2) is 66.9 Å². The van der Waals surface area contributed by atoms with Crippen LogP contribution in [0.3, 0.4) is 0 Å². The summed E-state index contributed by atoms with van der Waals surface area (Å²) in [5.41, 5.74) is 3.58. The minimum atomic E-state index is -3.52. The van der Waals surface area contributed by atoms with Crippen LogP contribution in [-0.2, 0) is 42.8 Å². The van der Waals surface area contributed by atoms with E-state index in [1.54, 1.807) is 48.5 Å². The first-order valence-corrected chi connectivity index (χ1v) is 21.7. The summed E-state index contributed by atoms with van der Waals surface area (Å²) in [6, 6.07) is 19.9. The third kappa shape index (κ3) is 11.0. The maximum Gasteiger partial charge on any atom is 0.411 e. The molecule has 2 heterocycles. The van der Waals surface area contributed by atoms with Gasteiger partial charge in [-0.3, -0.25) is 29.7 Å². The molecule has 3 N–H and O–H groups in total. The molecule has 0 spiro atoms. The zero-order valence-corrected chi connectivity index (χ0v) is 35.0. The number of benzene rings is 3. The van der Waals surface area contributed by atoms with Crippen LogP contribution in [0.25, 0.3) is 0 Å². The number of nitriles is 1. The largest absolute Gasteiger partial charge is 0.490 e. The molecule has 1 saturated heterocycles. The molecule has 2 unspecified atom stereocenters. The summed E-state index contributed by atoms with van der Waals surface area (Å²) in [5, 5.41) is 15.4. The molecule has 3 aromatic carbocycles. The number of ketones is 1. The number of imide groups is 1. The molecule has 2 aliphatic rings. The second kappa shape index (κ2) is 18.9. The third-order valence-electron chi connectivity index (χ3n) is 10.6. The molecule has 17 heteroatoms. The van der Waals surface area contributed by atoms with Gasteiger partial charge in [-0.25, -0.2) is 23.2 Å². The molecule has 60 heavy (non-hydrogen) atoms. The fraction of sp³-hybridized carbons (Fsp3) is 0.372. The van der Waals surface area contributed by atoms with E-state index in [9.17, 15) is 32.9 Å². The van der Waals surface area contributed by atoms with Crippen molar-refractivity contribution in [2.24, 2.45) is 11.8 Å². The fourth-order valence-electron chi connectivity index (χ4n) is 7.32. The number of amides is 3. The van der Waals surface area contributed by atoms with Crippen molar-refractivity contribution >= 4 is 57.0 Å². The Labute approximate surface area is 353 Å². The number of nitrogens with zero attached hydrogens (tertiary/aromatic N) is 3. The van der Waals surface area contributed by atoms with Crippen LogP contribution >= 0.6 is 11.6 Å².